The lowest BCUT2D eigenvalue weighted by molar-refractivity contribution is -0.139. The third kappa shape index (κ3) is 5.07. The quantitative estimate of drug-likeness (QED) is 0.663. The van der Waals surface area contributed by atoms with E-state index in [0.29, 0.717) is 25.9 Å². The van der Waals surface area contributed by atoms with E-state index in [9.17, 15) is 14.4 Å². The first-order valence-electron chi connectivity index (χ1n) is 6.99. The topological polar surface area (TPSA) is 98.7 Å². The fourth-order valence-electron chi connectivity index (χ4n) is 2.26. The zero-order valence-electron chi connectivity index (χ0n) is 12.0. The van der Waals surface area contributed by atoms with Crippen LogP contribution in [-0.4, -0.2) is 53.1 Å². The summed E-state index contributed by atoms with van der Waals surface area (Å²) >= 11 is 0. The Bertz CT molecular complexity index is 373. The van der Waals surface area contributed by atoms with Crippen molar-refractivity contribution in [1.29, 1.82) is 0 Å². The van der Waals surface area contributed by atoms with Crippen LogP contribution in [0, 0.1) is 0 Å². The summed E-state index contributed by atoms with van der Waals surface area (Å²) in [5.41, 5.74) is 0. The number of likely N-dealkylation sites (tertiary alicyclic amines) is 1. The standard InChI is InChI=1S/C13H23N3O4/c1-3-4-5-11(12(18)19)15-13(20)16-7-6-10(8-16)14-9(2)17/h10-11H,3-8H2,1-2H3,(H,14,17)(H,15,20)(H,18,19)/t10?,11-/m0/s1. The first-order chi connectivity index (χ1) is 9.43. The van der Waals surface area contributed by atoms with Crippen LogP contribution >= 0.6 is 0 Å². The molecule has 3 N–H and O–H groups in total. The number of urea groups is 1. The molecule has 7 heteroatoms. The Morgan fingerprint density at radius 3 is 2.65 bits per heavy atom. The molecule has 114 valence electrons. The van der Waals surface area contributed by atoms with E-state index >= 15 is 0 Å². The van der Waals surface area contributed by atoms with Crippen molar-refractivity contribution in [1.82, 2.24) is 15.5 Å². The summed E-state index contributed by atoms with van der Waals surface area (Å²) in [6.07, 6.45) is 2.76. The number of carbonyl (C=O) groups is 3. The number of carboxylic acids is 1. The number of nitrogens with one attached hydrogen (secondary N) is 2. The molecule has 1 heterocycles. The first-order valence-corrected chi connectivity index (χ1v) is 6.99. The largest absolute Gasteiger partial charge is 0.480 e. The maximum absolute atomic E-state index is 12.0. The monoisotopic (exact) mass is 285 g/mol. The maximum Gasteiger partial charge on any atom is 0.326 e. The minimum Gasteiger partial charge on any atom is -0.480 e. The molecule has 0 saturated carbocycles. The number of rotatable bonds is 6. The van der Waals surface area contributed by atoms with Gasteiger partial charge in [-0.2, -0.15) is 0 Å². The van der Waals surface area contributed by atoms with Crippen molar-refractivity contribution in [3.8, 4) is 0 Å². The minimum atomic E-state index is -1.01. The lowest BCUT2D eigenvalue weighted by Gasteiger charge is -2.21. The molecule has 20 heavy (non-hydrogen) atoms. The SMILES string of the molecule is CCCC[C@H](NC(=O)N1CCC(NC(C)=O)C1)C(=O)O. The number of hydrogen-bond acceptors (Lipinski definition) is 3. The van der Waals surface area contributed by atoms with Gasteiger partial charge in [0.1, 0.15) is 6.04 Å². The van der Waals surface area contributed by atoms with Crippen LogP contribution in [0.15, 0.2) is 0 Å². The Kier molecular flexibility index (Phi) is 6.27. The van der Waals surface area contributed by atoms with E-state index in [4.69, 9.17) is 5.11 Å². The highest BCUT2D eigenvalue weighted by Gasteiger charge is 2.29. The molecule has 1 aliphatic rings. The van der Waals surface area contributed by atoms with Crippen LogP contribution in [0.4, 0.5) is 4.79 Å². The van der Waals surface area contributed by atoms with E-state index in [1.165, 1.54) is 6.92 Å². The molecule has 0 radical (unpaired) electrons. The molecule has 0 spiro atoms. The Balaban J connectivity index is 2.45. The number of carboxylic acid groups (broad SMARTS) is 1. The number of amides is 3. The second kappa shape index (κ2) is 7.72. The van der Waals surface area contributed by atoms with Gasteiger partial charge in [-0.3, -0.25) is 4.79 Å². The Hall–Kier alpha value is -1.79. The highest BCUT2D eigenvalue weighted by atomic mass is 16.4. The van der Waals surface area contributed by atoms with Crippen molar-refractivity contribution >= 4 is 17.9 Å². The first kappa shape index (κ1) is 16.3. The fraction of sp³-hybridized carbons (Fsp3) is 0.769. The smallest absolute Gasteiger partial charge is 0.326 e. The summed E-state index contributed by atoms with van der Waals surface area (Å²) < 4.78 is 0. The molecule has 1 aliphatic heterocycles. The van der Waals surface area contributed by atoms with Crippen LogP contribution in [0.25, 0.3) is 0 Å². The normalized spacial score (nSPS) is 19.5. The minimum absolute atomic E-state index is 0.0443. The van der Waals surface area contributed by atoms with E-state index in [2.05, 4.69) is 10.6 Å². The van der Waals surface area contributed by atoms with E-state index in [1.54, 1.807) is 4.90 Å². The van der Waals surface area contributed by atoms with Crippen molar-refractivity contribution in [2.45, 2.75) is 51.6 Å². The van der Waals surface area contributed by atoms with Gasteiger partial charge in [-0.05, 0) is 12.8 Å². The van der Waals surface area contributed by atoms with Gasteiger partial charge in [0.2, 0.25) is 5.91 Å². The Morgan fingerprint density at radius 1 is 1.40 bits per heavy atom. The van der Waals surface area contributed by atoms with Crippen LogP contribution in [0.1, 0.15) is 39.5 Å². The zero-order chi connectivity index (χ0) is 15.1. The zero-order valence-corrected chi connectivity index (χ0v) is 12.0. The fourth-order valence-corrected chi connectivity index (χ4v) is 2.26. The van der Waals surface area contributed by atoms with E-state index in [-0.39, 0.29) is 18.0 Å². The van der Waals surface area contributed by atoms with E-state index in [0.717, 1.165) is 12.8 Å². The van der Waals surface area contributed by atoms with Crippen LogP contribution < -0.4 is 10.6 Å². The molecule has 7 nitrogen and oxygen atoms in total. The molecule has 1 unspecified atom stereocenters. The van der Waals surface area contributed by atoms with Gasteiger partial charge in [0.25, 0.3) is 0 Å². The molecule has 2 atom stereocenters. The molecule has 1 saturated heterocycles. The lowest BCUT2D eigenvalue weighted by Crippen LogP contribution is -2.48. The van der Waals surface area contributed by atoms with Crippen molar-refractivity contribution in [3.05, 3.63) is 0 Å². The molecule has 0 bridgehead atoms. The van der Waals surface area contributed by atoms with Crippen LogP contribution in [-0.2, 0) is 9.59 Å². The summed E-state index contributed by atoms with van der Waals surface area (Å²) in [5.74, 6) is -1.13. The summed E-state index contributed by atoms with van der Waals surface area (Å²) in [6.45, 7) is 4.36. The van der Waals surface area contributed by atoms with Crippen molar-refractivity contribution in [2.75, 3.05) is 13.1 Å². The van der Waals surface area contributed by atoms with Gasteiger partial charge in [0, 0.05) is 26.1 Å². The number of hydrogen-bond donors (Lipinski definition) is 3. The highest BCUT2D eigenvalue weighted by molar-refractivity contribution is 5.82. The van der Waals surface area contributed by atoms with Crippen molar-refractivity contribution in [3.63, 3.8) is 0 Å². The summed E-state index contributed by atoms with van der Waals surface area (Å²) in [7, 11) is 0. The van der Waals surface area contributed by atoms with E-state index in [1.807, 2.05) is 6.92 Å². The van der Waals surface area contributed by atoms with Gasteiger partial charge in [-0.15, -0.1) is 0 Å². The van der Waals surface area contributed by atoms with Crippen LogP contribution in [0.2, 0.25) is 0 Å². The summed E-state index contributed by atoms with van der Waals surface area (Å²) in [6, 6.07) is -1.26. The predicted octanol–water partition coefficient (Wildman–Crippen LogP) is 0.550. The molecule has 1 fully saturated rings. The van der Waals surface area contributed by atoms with Crippen molar-refractivity contribution < 1.29 is 19.5 Å². The van der Waals surface area contributed by atoms with Gasteiger partial charge in [0.15, 0.2) is 0 Å². The second-order valence-electron chi connectivity index (χ2n) is 5.11. The molecular weight excluding hydrogens is 262 g/mol. The molecular formula is C13H23N3O4. The summed E-state index contributed by atoms with van der Waals surface area (Å²) in [5, 5.41) is 14.4. The Morgan fingerprint density at radius 2 is 2.10 bits per heavy atom. The third-order valence-electron chi connectivity index (χ3n) is 3.33. The number of aliphatic carboxylic acids is 1. The molecule has 3 amide bonds. The van der Waals surface area contributed by atoms with Crippen LogP contribution in [0.3, 0.4) is 0 Å². The molecule has 0 aromatic rings. The van der Waals surface area contributed by atoms with Gasteiger partial charge in [0.05, 0.1) is 0 Å². The van der Waals surface area contributed by atoms with Gasteiger partial charge in [-0.25, -0.2) is 9.59 Å². The van der Waals surface area contributed by atoms with Crippen LogP contribution in [0.5, 0.6) is 0 Å². The number of nitrogens with zero attached hydrogens (tertiary/aromatic N) is 1. The van der Waals surface area contributed by atoms with Gasteiger partial charge >= 0.3 is 12.0 Å². The highest BCUT2D eigenvalue weighted by Crippen LogP contribution is 2.10. The number of unbranched alkanes of at least 4 members (excludes halogenated alkanes) is 1. The molecule has 0 aromatic heterocycles. The Labute approximate surface area is 118 Å². The van der Waals surface area contributed by atoms with Crippen molar-refractivity contribution in [2.24, 2.45) is 0 Å². The maximum atomic E-state index is 12.0. The average Bonchev–Trinajstić information content (AvgIpc) is 2.81. The lowest BCUT2D eigenvalue weighted by atomic mass is 10.1. The van der Waals surface area contributed by atoms with Gasteiger partial charge < -0.3 is 20.6 Å². The molecule has 1 rings (SSSR count). The third-order valence-corrected chi connectivity index (χ3v) is 3.33. The average molecular weight is 285 g/mol. The van der Waals surface area contributed by atoms with E-state index < -0.39 is 12.0 Å². The number of carbonyl (C=O) groups excluding carboxylic acids is 2. The second-order valence-corrected chi connectivity index (χ2v) is 5.11. The molecule has 0 aliphatic carbocycles. The predicted molar refractivity (Wildman–Crippen MR) is 73.3 cm³/mol. The molecule has 0 aromatic carbocycles. The van der Waals surface area contributed by atoms with Gasteiger partial charge in [-0.1, -0.05) is 19.8 Å². The summed E-state index contributed by atoms with van der Waals surface area (Å²) in [4.78, 5) is 35.6.